The Hall–Kier alpha value is -2.42. The predicted molar refractivity (Wildman–Crippen MR) is 109 cm³/mol. The largest absolute Gasteiger partial charge is 0.514 e. The number of alkyl halides is 3. The zero-order valence-corrected chi connectivity index (χ0v) is 18.0. The van der Waals surface area contributed by atoms with Crippen molar-refractivity contribution in [2.45, 2.75) is 29.7 Å². The van der Waals surface area contributed by atoms with Crippen LogP contribution in [0.25, 0.3) is 6.08 Å². The monoisotopic (exact) mass is 476 g/mol. The van der Waals surface area contributed by atoms with E-state index < -0.39 is 27.3 Å². The number of carboxylic acid groups (broad SMARTS) is 1. The van der Waals surface area contributed by atoms with Crippen molar-refractivity contribution in [3.8, 4) is 0 Å². The Bertz CT molecular complexity index is 942. The van der Waals surface area contributed by atoms with Crippen molar-refractivity contribution >= 4 is 53.0 Å². The van der Waals surface area contributed by atoms with Crippen LogP contribution in [0.3, 0.4) is 0 Å². The van der Waals surface area contributed by atoms with Gasteiger partial charge in [0, 0.05) is 24.9 Å². The minimum atomic E-state index is -1.97. The average Bonchev–Trinajstić information content (AvgIpc) is 2.63. The molecule has 0 amide bonds. The smallest absolute Gasteiger partial charge is 0.475 e. The highest BCUT2D eigenvalue weighted by atomic mass is 35.6. The van der Waals surface area contributed by atoms with Gasteiger partial charge in [0.15, 0.2) is 11.4 Å². The van der Waals surface area contributed by atoms with E-state index in [1.807, 2.05) is 0 Å². The van der Waals surface area contributed by atoms with Crippen molar-refractivity contribution in [2.24, 2.45) is 0 Å². The molecule has 30 heavy (non-hydrogen) atoms. The Labute approximate surface area is 186 Å². The molecule has 1 N–H and O–H groups in total. The number of nitrogens with zero attached hydrogens (tertiary/aromatic N) is 2. The van der Waals surface area contributed by atoms with E-state index in [0.717, 1.165) is 11.6 Å². The Morgan fingerprint density at radius 2 is 1.67 bits per heavy atom. The Morgan fingerprint density at radius 3 is 2.17 bits per heavy atom. The molecule has 0 unspecified atom stereocenters. The van der Waals surface area contributed by atoms with Gasteiger partial charge in [-0.25, -0.2) is 23.9 Å². The van der Waals surface area contributed by atoms with Gasteiger partial charge in [-0.1, -0.05) is 46.9 Å². The molecule has 0 saturated heterocycles. The van der Waals surface area contributed by atoms with Crippen molar-refractivity contribution in [3.63, 3.8) is 0 Å². The third-order valence-corrected chi connectivity index (χ3v) is 5.10. The van der Waals surface area contributed by atoms with Crippen LogP contribution in [0.15, 0.2) is 42.4 Å². The van der Waals surface area contributed by atoms with Crippen LogP contribution in [0, 0.1) is 5.82 Å². The summed E-state index contributed by atoms with van der Waals surface area (Å²) in [4.78, 5) is 31.3. The van der Waals surface area contributed by atoms with Crippen LogP contribution in [0.1, 0.15) is 30.8 Å². The second-order valence-corrected chi connectivity index (χ2v) is 8.81. The minimum Gasteiger partial charge on any atom is -0.475 e. The fourth-order valence-electron chi connectivity index (χ4n) is 2.00. The van der Waals surface area contributed by atoms with Gasteiger partial charge in [-0.05, 0) is 37.1 Å². The number of benzene rings is 1. The lowest BCUT2D eigenvalue weighted by Crippen LogP contribution is -2.41. The van der Waals surface area contributed by atoms with Gasteiger partial charge in [0.25, 0.3) is 0 Å². The van der Waals surface area contributed by atoms with E-state index in [1.165, 1.54) is 38.4 Å². The highest BCUT2D eigenvalue weighted by molar-refractivity contribution is 6.68. The molecule has 0 fully saturated rings. The molecule has 2 rings (SSSR count). The molecule has 1 aromatic heterocycles. The molecule has 0 saturated carbocycles. The predicted octanol–water partition coefficient (Wildman–Crippen LogP) is 4.93. The molecule has 2 aromatic rings. The van der Waals surface area contributed by atoms with Crippen LogP contribution >= 0.6 is 34.8 Å². The summed E-state index contributed by atoms with van der Waals surface area (Å²) in [5.74, 6) is -2.71. The van der Waals surface area contributed by atoms with Gasteiger partial charge in [0.1, 0.15) is 5.82 Å². The summed E-state index contributed by atoms with van der Waals surface area (Å²) >= 11 is 17.1. The molecule has 1 aromatic carbocycles. The molecule has 160 valence electrons. The number of aliphatic carboxylic acids is 1. The number of hydrogen-bond donors (Lipinski definition) is 1. The highest BCUT2D eigenvalue weighted by Gasteiger charge is 2.44. The number of hydrogen-bond acceptors (Lipinski definition) is 6. The van der Waals surface area contributed by atoms with Crippen LogP contribution in [0.2, 0.25) is 0 Å². The van der Waals surface area contributed by atoms with Crippen LogP contribution in [-0.4, -0.2) is 36.6 Å². The van der Waals surface area contributed by atoms with E-state index in [2.05, 4.69) is 9.97 Å². The van der Waals surface area contributed by atoms with Crippen molar-refractivity contribution in [1.82, 2.24) is 9.97 Å². The molecule has 7 nitrogen and oxygen atoms in total. The maximum atomic E-state index is 13.0. The number of ether oxygens (including phenoxy) is 2. The van der Waals surface area contributed by atoms with Gasteiger partial charge in [0.2, 0.25) is 9.55 Å². The molecule has 11 heteroatoms. The van der Waals surface area contributed by atoms with Crippen molar-refractivity contribution in [3.05, 3.63) is 65.2 Å². The summed E-state index contributed by atoms with van der Waals surface area (Å²) in [6.07, 6.45) is 2.93. The molecule has 0 aliphatic heterocycles. The van der Waals surface area contributed by atoms with E-state index in [4.69, 9.17) is 44.3 Å². The molecule has 0 bridgehead atoms. The van der Waals surface area contributed by atoms with Crippen LogP contribution in [0.4, 0.5) is 9.18 Å². The van der Waals surface area contributed by atoms with Crippen molar-refractivity contribution in [1.29, 1.82) is 0 Å². The Morgan fingerprint density at radius 1 is 1.10 bits per heavy atom. The zero-order chi connectivity index (χ0) is 22.5. The highest BCUT2D eigenvalue weighted by Crippen LogP contribution is 2.40. The minimum absolute atomic E-state index is 0.0244. The maximum Gasteiger partial charge on any atom is 0.514 e. The second kappa shape index (κ2) is 9.59. The maximum absolute atomic E-state index is 13.0. The summed E-state index contributed by atoms with van der Waals surface area (Å²) in [6.45, 7) is 2.63. The lowest BCUT2D eigenvalue weighted by Gasteiger charge is -2.31. The molecular weight excluding hydrogens is 462 g/mol. The Balaban J connectivity index is 2.10. The summed E-state index contributed by atoms with van der Waals surface area (Å²) in [5.41, 5.74) is -0.0332. The first-order valence-electron chi connectivity index (χ1n) is 8.35. The van der Waals surface area contributed by atoms with E-state index >= 15 is 0 Å². The standard InChI is InChI=1S/C19H16Cl3FN2O5/c1-18(2,19(20,21)22)30-17(28)29-14(16(26)27)8-15-24-9-12(10-25-15)7-11-3-5-13(23)6-4-11/h3-6,8-10H,7H2,1-2H3,(H,26,27)/b14-8-. The molecule has 0 aliphatic rings. The summed E-state index contributed by atoms with van der Waals surface area (Å²) in [6, 6.07) is 5.94. The number of rotatable bonds is 6. The first-order chi connectivity index (χ1) is 13.9. The molecule has 0 atom stereocenters. The van der Waals surface area contributed by atoms with Gasteiger partial charge in [-0.15, -0.1) is 0 Å². The van der Waals surface area contributed by atoms with Gasteiger partial charge in [0.05, 0.1) is 0 Å². The topological polar surface area (TPSA) is 98.6 Å². The number of carbonyl (C=O) groups is 2. The third kappa shape index (κ3) is 6.83. The summed E-state index contributed by atoms with van der Waals surface area (Å²) in [7, 11) is 0. The molecule has 1 heterocycles. The Kier molecular flexibility index (Phi) is 7.63. The fourth-order valence-corrected chi connectivity index (χ4v) is 2.11. The second-order valence-electron chi connectivity index (χ2n) is 6.53. The lowest BCUT2D eigenvalue weighted by atomic mass is 10.1. The van der Waals surface area contributed by atoms with Crippen LogP contribution < -0.4 is 0 Å². The number of carbonyl (C=O) groups excluding carboxylic acids is 1. The summed E-state index contributed by atoms with van der Waals surface area (Å²) in [5, 5.41) is 9.25. The number of halogens is 4. The molecule has 0 spiro atoms. The third-order valence-electron chi connectivity index (χ3n) is 3.73. The number of carboxylic acids is 1. The van der Waals surface area contributed by atoms with Crippen LogP contribution in [-0.2, 0) is 20.7 Å². The van der Waals surface area contributed by atoms with Gasteiger partial charge >= 0.3 is 12.1 Å². The van der Waals surface area contributed by atoms with Crippen LogP contribution in [0.5, 0.6) is 0 Å². The zero-order valence-electron chi connectivity index (χ0n) is 15.7. The normalized spacial score (nSPS) is 12.4. The molecular formula is C19H16Cl3FN2O5. The first kappa shape index (κ1) is 23.9. The fraction of sp³-hybridized carbons (Fsp3) is 0.263. The van der Waals surface area contributed by atoms with E-state index in [1.54, 1.807) is 12.1 Å². The molecule has 0 radical (unpaired) electrons. The van der Waals surface area contributed by atoms with Gasteiger partial charge < -0.3 is 14.6 Å². The van der Waals surface area contributed by atoms with Crippen molar-refractivity contribution in [2.75, 3.05) is 0 Å². The molecule has 0 aliphatic carbocycles. The van der Waals surface area contributed by atoms with E-state index in [0.29, 0.717) is 12.0 Å². The van der Waals surface area contributed by atoms with E-state index in [-0.39, 0.29) is 11.6 Å². The summed E-state index contributed by atoms with van der Waals surface area (Å²) < 4.78 is 20.6. The SMILES string of the molecule is CC(C)(OC(=O)O/C(=C\c1ncc(Cc2ccc(F)cc2)cn1)C(=O)O)C(Cl)(Cl)Cl. The van der Waals surface area contributed by atoms with Gasteiger partial charge in [-0.2, -0.15) is 0 Å². The van der Waals surface area contributed by atoms with Gasteiger partial charge in [-0.3, -0.25) is 0 Å². The van der Waals surface area contributed by atoms with E-state index in [9.17, 15) is 19.1 Å². The first-order valence-corrected chi connectivity index (χ1v) is 9.48. The lowest BCUT2D eigenvalue weighted by molar-refractivity contribution is -0.136. The number of aromatic nitrogens is 2. The average molecular weight is 478 g/mol. The van der Waals surface area contributed by atoms with Crippen molar-refractivity contribution < 1.29 is 28.6 Å². The quantitative estimate of drug-likeness (QED) is 0.272.